The van der Waals surface area contributed by atoms with Crippen molar-refractivity contribution < 1.29 is 9.74 Å². The molecule has 3 heterocycles. The first kappa shape index (κ1) is 15.0. The molecule has 0 bridgehead atoms. The summed E-state index contributed by atoms with van der Waals surface area (Å²) in [7, 11) is 0. The Morgan fingerprint density at radius 2 is 1.75 bits per heavy atom. The molecule has 2 aromatic heterocycles. The Kier molecular flexibility index (Phi) is 4.10. The van der Waals surface area contributed by atoms with E-state index in [0.29, 0.717) is 17.6 Å². The zero-order chi connectivity index (χ0) is 16.4. The molecule has 7 heteroatoms. The number of β-amino-alcohol motifs (C(OH)–C–C–N with tert-alkyl or cyclic N) is 1. The van der Waals surface area contributed by atoms with Gasteiger partial charge in [-0.2, -0.15) is 0 Å². The van der Waals surface area contributed by atoms with E-state index in [2.05, 4.69) is 25.1 Å². The summed E-state index contributed by atoms with van der Waals surface area (Å²) in [6, 6.07) is 9.61. The first-order valence-corrected chi connectivity index (χ1v) is 8.07. The van der Waals surface area contributed by atoms with E-state index in [0.717, 1.165) is 31.7 Å². The van der Waals surface area contributed by atoms with Crippen LogP contribution in [-0.2, 0) is 0 Å². The summed E-state index contributed by atoms with van der Waals surface area (Å²) in [6.07, 6.45) is 3.10. The summed E-state index contributed by atoms with van der Waals surface area (Å²) in [5.41, 5.74) is 3.43. The molecule has 1 atom stereocenters. The Hall–Kier alpha value is -2.51. The molecule has 1 saturated heterocycles. The lowest BCUT2D eigenvalue weighted by atomic mass is 10.1. The fourth-order valence-corrected chi connectivity index (χ4v) is 3.10. The van der Waals surface area contributed by atoms with Gasteiger partial charge in [-0.15, -0.1) is 0 Å². The second kappa shape index (κ2) is 6.54. The Balaban J connectivity index is 1.36. The number of aromatic nitrogens is 3. The van der Waals surface area contributed by atoms with Gasteiger partial charge in [0, 0.05) is 50.8 Å². The maximum atomic E-state index is 10.5. The molecule has 1 aromatic carbocycles. The molecule has 0 amide bonds. The number of aliphatic hydroxyl groups excluding tert-OH is 1. The number of aliphatic hydroxyl groups is 1. The van der Waals surface area contributed by atoms with Crippen LogP contribution in [0.4, 0.5) is 5.69 Å². The van der Waals surface area contributed by atoms with Crippen LogP contribution in [0.1, 0.15) is 11.7 Å². The summed E-state index contributed by atoms with van der Waals surface area (Å²) >= 11 is 0. The molecule has 24 heavy (non-hydrogen) atoms. The number of nitrogens with zero attached hydrogens (tertiary/aromatic N) is 5. The van der Waals surface area contributed by atoms with Crippen LogP contribution in [0.5, 0.6) is 0 Å². The van der Waals surface area contributed by atoms with Gasteiger partial charge in [0.1, 0.15) is 11.0 Å². The first-order valence-electron chi connectivity index (χ1n) is 8.07. The third-order valence-corrected chi connectivity index (χ3v) is 4.49. The van der Waals surface area contributed by atoms with Crippen molar-refractivity contribution in [3.63, 3.8) is 0 Å². The van der Waals surface area contributed by atoms with E-state index in [-0.39, 0.29) is 0 Å². The van der Waals surface area contributed by atoms with E-state index >= 15 is 0 Å². The van der Waals surface area contributed by atoms with Crippen LogP contribution < -0.4 is 4.90 Å². The third kappa shape index (κ3) is 3.08. The summed E-state index contributed by atoms with van der Waals surface area (Å²) in [4.78, 5) is 8.69. The molecule has 3 aromatic rings. The van der Waals surface area contributed by atoms with E-state index in [4.69, 9.17) is 4.63 Å². The van der Waals surface area contributed by atoms with Crippen molar-refractivity contribution in [2.24, 2.45) is 0 Å². The van der Waals surface area contributed by atoms with Gasteiger partial charge in [-0.05, 0) is 40.1 Å². The van der Waals surface area contributed by atoms with Crippen molar-refractivity contribution in [1.29, 1.82) is 0 Å². The largest absolute Gasteiger partial charge is 0.387 e. The van der Waals surface area contributed by atoms with Gasteiger partial charge < -0.3 is 10.0 Å². The highest BCUT2D eigenvalue weighted by atomic mass is 16.6. The highest BCUT2D eigenvalue weighted by Crippen LogP contribution is 2.20. The second-order valence-corrected chi connectivity index (χ2v) is 6.02. The number of hydrogen-bond acceptors (Lipinski definition) is 7. The molecule has 0 aliphatic carbocycles. The van der Waals surface area contributed by atoms with E-state index < -0.39 is 6.10 Å². The minimum Gasteiger partial charge on any atom is -0.387 e. The number of rotatable bonds is 4. The van der Waals surface area contributed by atoms with E-state index in [1.165, 1.54) is 5.69 Å². The topological polar surface area (TPSA) is 78.5 Å². The highest BCUT2D eigenvalue weighted by molar-refractivity contribution is 5.73. The van der Waals surface area contributed by atoms with Crippen molar-refractivity contribution in [3.8, 4) is 0 Å². The molecule has 0 radical (unpaired) electrons. The molecule has 124 valence electrons. The van der Waals surface area contributed by atoms with Crippen molar-refractivity contribution in [2.45, 2.75) is 6.10 Å². The molecule has 1 aliphatic heterocycles. The predicted molar refractivity (Wildman–Crippen MR) is 89.7 cm³/mol. The van der Waals surface area contributed by atoms with Crippen LogP contribution in [0.3, 0.4) is 0 Å². The molecule has 1 unspecified atom stereocenters. The fraction of sp³-hybridized carbons (Fsp3) is 0.353. The molecule has 7 nitrogen and oxygen atoms in total. The molecular weight excluding hydrogens is 306 g/mol. The maximum Gasteiger partial charge on any atom is 0.135 e. The monoisotopic (exact) mass is 325 g/mol. The van der Waals surface area contributed by atoms with E-state index in [1.807, 2.05) is 42.7 Å². The van der Waals surface area contributed by atoms with Crippen LogP contribution in [0.15, 0.2) is 47.4 Å². The van der Waals surface area contributed by atoms with E-state index in [9.17, 15) is 5.11 Å². The smallest absolute Gasteiger partial charge is 0.135 e. The summed E-state index contributed by atoms with van der Waals surface area (Å²) in [5.74, 6) is 0. The quantitative estimate of drug-likeness (QED) is 0.778. The maximum absolute atomic E-state index is 10.5. The molecule has 4 rings (SSSR count). The molecule has 1 fully saturated rings. The van der Waals surface area contributed by atoms with Crippen LogP contribution in [0.2, 0.25) is 0 Å². The lowest BCUT2D eigenvalue weighted by molar-refractivity contribution is 0.109. The number of fused-ring (bicyclic) bond motifs is 1. The minimum atomic E-state index is -0.543. The van der Waals surface area contributed by atoms with Gasteiger partial charge in [0.2, 0.25) is 0 Å². The van der Waals surface area contributed by atoms with Gasteiger partial charge in [0.25, 0.3) is 0 Å². The number of benzene rings is 1. The number of pyridine rings is 1. The Labute approximate surface area is 139 Å². The Morgan fingerprint density at radius 3 is 2.54 bits per heavy atom. The minimum absolute atomic E-state index is 0.543. The normalized spacial score (nSPS) is 17.3. The third-order valence-electron chi connectivity index (χ3n) is 4.49. The molecular formula is C17H19N5O2. The fourth-order valence-electron chi connectivity index (χ4n) is 3.10. The number of piperazine rings is 1. The van der Waals surface area contributed by atoms with Crippen LogP contribution in [-0.4, -0.2) is 58.0 Å². The highest BCUT2D eigenvalue weighted by Gasteiger charge is 2.20. The van der Waals surface area contributed by atoms with E-state index in [1.54, 1.807) is 0 Å². The second-order valence-electron chi connectivity index (χ2n) is 6.02. The standard InChI is InChI=1S/C17H19N5O2/c23-17(13-1-2-15-16(11-13)20-24-19-15)12-21-7-9-22(10-8-21)14-3-5-18-6-4-14/h1-6,11,17,23H,7-10,12H2. The van der Waals surface area contributed by atoms with Gasteiger partial charge in [-0.25, -0.2) is 4.63 Å². The zero-order valence-electron chi connectivity index (χ0n) is 13.2. The van der Waals surface area contributed by atoms with Crippen molar-refractivity contribution in [3.05, 3.63) is 48.3 Å². The van der Waals surface area contributed by atoms with Crippen LogP contribution in [0, 0.1) is 0 Å². The van der Waals surface area contributed by atoms with Crippen molar-refractivity contribution in [2.75, 3.05) is 37.6 Å². The number of anilines is 1. The molecule has 1 aliphatic rings. The van der Waals surface area contributed by atoms with Crippen LogP contribution in [0.25, 0.3) is 11.0 Å². The van der Waals surface area contributed by atoms with Gasteiger partial charge in [0.15, 0.2) is 0 Å². The van der Waals surface area contributed by atoms with Crippen molar-refractivity contribution in [1.82, 2.24) is 20.2 Å². The van der Waals surface area contributed by atoms with Crippen molar-refractivity contribution >= 4 is 16.7 Å². The summed E-state index contributed by atoms with van der Waals surface area (Å²) in [5, 5.41) is 18.1. The Morgan fingerprint density at radius 1 is 1.00 bits per heavy atom. The SMILES string of the molecule is OC(CN1CCN(c2ccncc2)CC1)c1ccc2nonc2c1. The lowest BCUT2D eigenvalue weighted by Gasteiger charge is -2.36. The lowest BCUT2D eigenvalue weighted by Crippen LogP contribution is -2.47. The van der Waals surface area contributed by atoms with Crippen LogP contribution >= 0.6 is 0 Å². The molecule has 1 N–H and O–H groups in total. The molecule has 0 spiro atoms. The first-order chi connectivity index (χ1) is 11.8. The van der Waals surface area contributed by atoms with Gasteiger partial charge in [-0.1, -0.05) is 6.07 Å². The van der Waals surface area contributed by atoms with Gasteiger partial charge in [0.05, 0.1) is 6.10 Å². The summed E-state index contributed by atoms with van der Waals surface area (Å²) in [6.45, 7) is 4.35. The van der Waals surface area contributed by atoms with Gasteiger partial charge >= 0.3 is 0 Å². The Bertz CT molecular complexity index is 799. The van der Waals surface area contributed by atoms with Gasteiger partial charge in [-0.3, -0.25) is 9.88 Å². The summed E-state index contributed by atoms with van der Waals surface area (Å²) < 4.78 is 4.70. The number of hydrogen-bond donors (Lipinski definition) is 1. The molecule has 0 saturated carbocycles. The average Bonchev–Trinajstić information content (AvgIpc) is 3.11. The average molecular weight is 325 g/mol. The zero-order valence-corrected chi connectivity index (χ0v) is 13.2. The predicted octanol–water partition coefficient (Wildman–Crippen LogP) is 1.47.